The minimum absolute atomic E-state index is 0.0550. The fourth-order valence-electron chi connectivity index (χ4n) is 4.15. The zero-order valence-electron chi connectivity index (χ0n) is 17.3. The van der Waals surface area contributed by atoms with Crippen LogP contribution < -0.4 is 5.32 Å². The summed E-state index contributed by atoms with van der Waals surface area (Å²) in [5.74, 6) is 0.0550. The second-order valence-corrected chi connectivity index (χ2v) is 7.59. The quantitative estimate of drug-likeness (QED) is 0.610. The van der Waals surface area contributed by atoms with Gasteiger partial charge in [0.25, 0.3) is 0 Å². The van der Waals surface area contributed by atoms with Gasteiger partial charge < -0.3 is 5.32 Å². The fourth-order valence-corrected chi connectivity index (χ4v) is 4.15. The molecular formula is C26H27N3O. The molecule has 0 aromatic heterocycles. The molecule has 3 aromatic rings. The Morgan fingerprint density at radius 2 is 1.63 bits per heavy atom. The number of aliphatic imine (C=N–C) groups is 1. The number of hydrogen-bond donors (Lipinski definition) is 1. The third-order valence-corrected chi connectivity index (χ3v) is 5.61. The van der Waals surface area contributed by atoms with Crippen LogP contribution >= 0.6 is 0 Å². The van der Waals surface area contributed by atoms with Gasteiger partial charge in [-0.25, -0.2) is 0 Å². The summed E-state index contributed by atoms with van der Waals surface area (Å²) in [7, 11) is 1.79. The van der Waals surface area contributed by atoms with Crippen molar-refractivity contribution >= 4 is 17.3 Å². The van der Waals surface area contributed by atoms with E-state index in [0.29, 0.717) is 0 Å². The Labute approximate surface area is 178 Å². The van der Waals surface area contributed by atoms with E-state index in [1.165, 1.54) is 5.56 Å². The van der Waals surface area contributed by atoms with Crippen LogP contribution in [-0.2, 0) is 11.3 Å². The Balaban J connectivity index is 1.54. The van der Waals surface area contributed by atoms with Gasteiger partial charge in [0.1, 0.15) is 0 Å². The zero-order chi connectivity index (χ0) is 20.8. The maximum absolute atomic E-state index is 13.2. The number of carbonyl (C=O) groups excluding carboxylic acids is 1. The number of anilines is 1. The Morgan fingerprint density at radius 3 is 2.37 bits per heavy atom. The summed E-state index contributed by atoms with van der Waals surface area (Å²) in [5, 5.41) is 3.19. The Morgan fingerprint density at radius 1 is 0.967 bits per heavy atom. The van der Waals surface area contributed by atoms with E-state index in [9.17, 15) is 4.79 Å². The van der Waals surface area contributed by atoms with Crippen molar-refractivity contribution in [1.29, 1.82) is 0 Å². The fraction of sp³-hybridized carbons (Fsp3) is 0.231. The van der Waals surface area contributed by atoms with Gasteiger partial charge in [-0.2, -0.15) is 0 Å². The molecule has 1 fully saturated rings. The first kappa shape index (κ1) is 20.0. The van der Waals surface area contributed by atoms with Gasteiger partial charge >= 0.3 is 0 Å². The van der Waals surface area contributed by atoms with Crippen LogP contribution in [0.5, 0.6) is 0 Å². The molecule has 4 heteroatoms. The molecule has 0 aliphatic carbocycles. The summed E-state index contributed by atoms with van der Waals surface area (Å²) in [4.78, 5) is 20.0. The van der Waals surface area contributed by atoms with E-state index in [1.54, 1.807) is 7.05 Å². The van der Waals surface area contributed by atoms with Gasteiger partial charge in [-0.3, -0.25) is 14.7 Å². The maximum atomic E-state index is 13.2. The highest BCUT2D eigenvalue weighted by molar-refractivity contribution is 6.17. The molecule has 1 heterocycles. The summed E-state index contributed by atoms with van der Waals surface area (Å²) >= 11 is 0. The third-order valence-electron chi connectivity index (χ3n) is 5.61. The number of para-hydroxylation sites is 1. The molecule has 0 spiro atoms. The lowest BCUT2D eigenvalue weighted by molar-refractivity contribution is -0.120. The first-order chi connectivity index (χ1) is 14.8. The summed E-state index contributed by atoms with van der Waals surface area (Å²) in [6.07, 6.45) is 1.92. The standard InChI is InChI=1S/C26H27N3O/c1-27-25(21-13-6-3-7-14-21)22-15-8-9-16-23(22)28-26(30)24-17-10-18-29(24)19-20-11-4-2-5-12-20/h2-9,11-16,24H,10,17-19H2,1H3,(H,28,30)/b27-25+. The predicted octanol–water partition coefficient (Wildman–Crippen LogP) is 4.76. The number of amides is 1. The van der Waals surface area contributed by atoms with Gasteiger partial charge in [0.15, 0.2) is 0 Å². The van der Waals surface area contributed by atoms with E-state index < -0.39 is 0 Å². The molecular weight excluding hydrogens is 370 g/mol. The summed E-state index contributed by atoms with van der Waals surface area (Å²) < 4.78 is 0. The summed E-state index contributed by atoms with van der Waals surface area (Å²) in [6, 6.07) is 28.2. The highest BCUT2D eigenvalue weighted by Crippen LogP contribution is 2.24. The van der Waals surface area contributed by atoms with E-state index in [1.807, 2.05) is 72.8 Å². The second kappa shape index (κ2) is 9.51. The number of hydrogen-bond acceptors (Lipinski definition) is 3. The van der Waals surface area contributed by atoms with Gasteiger partial charge in [-0.15, -0.1) is 0 Å². The average molecular weight is 398 g/mol. The van der Waals surface area contributed by atoms with Crippen molar-refractivity contribution in [2.45, 2.75) is 25.4 Å². The third kappa shape index (κ3) is 4.50. The van der Waals surface area contributed by atoms with Crippen LogP contribution in [0.25, 0.3) is 0 Å². The number of carbonyl (C=O) groups is 1. The monoisotopic (exact) mass is 397 g/mol. The van der Waals surface area contributed by atoms with Crippen molar-refractivity contribution in [2.75, 3.05) is 18.9 Å². The van der Waals surface area contributed by atoms with E-state index in [0.717, 1.165) is 48.5 Å². The van der Waals surface area contributed by atoms with Gasteiger partial charge in [0.2, 0.25) is 5.91 Å². The summed E-state index contributed by atoms with van der Waals surface area (Å²) in [6.45, 7) is 1.74. The molecule has 1 saturated heterocycles. The molecule has 0 saturated carbocycles. The lowest BCUT2D eigenvalue weighted by Gasteiger charge is -2.24. The smallest absolute Gasteiger partial charge is 0.241 e. The lowest BCUT2D eigenvalue weighted by atomic mass is 10.00. The van der Waals surface area contributed by atoms with Crippen LogP contribution in [0.4, 0.5) is 5.69 Å². The number of rotatable bonds is 6. The summed E-state index contributed by atoms with van der Waals surface area (Å²) in [5.41, 5.74) is 4.89. The van der Waals surface area contributed by atoms with Crippen LogP contribution in [0.1, 0.15) is 29.5 Å². The van der Waals surface area contributed by atoms with Gasteiger partial charge in [-0.05, 0) is 31.0 Å². The van der Waals surface area contributed by atoms with Crippen LogP contribution in [0.3, 0.4) is 0 Å². The van der Waals surface area contributed by atoms with Crippen molar-refractivity contribution in [3.63, 3.8) is 0 Å². The average Bonchev–Trinajstić information content (AvgIpc) is 3.25. The van der Waals surface area contributed by atoms with E-state index in [-0.39, 0.29) is 11.9 Å². The maximum Gasteiger partial charge on any atom is 0.241 e. The number of likely N-dealkylation sites (tertiary alicyclic amines) is 1. The van der Waals surface area contributed by atoms with Crippen molar-refractivity contribution in [1.82, 2.24) is 4.90 Å². The zero-order valence-corrected chi connectivity index (χ0v) is 17.3. The lowest BCUT2D eigenvalue weighted by Crippen LogP contribution is -2.39. The van der Waals surface area contributed by atoms with Gasteiger partial charge in [0, 0.05) is 24.7 Å². The highest BCUT2D eigenvalue weighted by atomic mass is 16.2. The van der Waals surface area contributed by atoms with E-state index in [4.69, 9.17) is 0 Å². The first-order valence-corrected chi connectivity index (χ1v) is 10.5. The molecule has 0 radical (unpaired) electrons. The van der Waals surface area contributed by atoms with Crippen molar-refractivity contribution < 1.29 is 4.79 Å². The first-order valence-electron chi connectivity index (χ1n) is 10.5. The molecule has 3 aromatic carbocycles. The molecule has 30 heavy (non-hydrogen) atoms. The van der Waals surface area contributed by atoms with Crippen LogP contribution in [-0.4, -0.2) is 36.2 Å². The molecule has 1 N–H and O–H groups in total. The topological polar surface area (TPSA) is 44.7 Å². The van der Waals surface area contributed by atoms with Gasteiger partial charge in [-0.1, -0.05) is 78.9 Å². The van der Waals surface area contributed by atoms with E-state index in [2.05, 4.69) is 27.3 Å². The molecule has 1 atom stereocenters. The largest absolute Gasteiger partial charge is 0.324 e. The van der Waals surface area contributed by atoms with E-state index >= 15 is 0 Å². The van der Waals surface area contributed by atoms with Crippen molar-refractivity contribution in [3.05, 3.63) is 102 Å². The molecule has 1 amide bonds. The minimum atomic E-state index is -0.114. The van der Waals surface area contributed by atoms with Crippen LogP contribution in [0.2, 0.25) is 0 Å². The Bertz CT molecular complexity index is 1010. The number of nitrogens with zero attached hydrogens (tertiary/aromatic N) is 2. The molecule has 4 rings (SSSR count). The SMILES string of the molecule is C/N=C(\c1ccccc1)c1ccccc1NC(=O)C1CCCN1Cc1ccccc1. The molecule has 1 aliphatic heterocycles. The second-order valence-electron chi connectivity index (χ2n) is 7.59. The molecule has 152 valence electrons. The molecule has 1 unspecified atom stereocenters. The van der Waals surface area contributed by atoms with Crippen LogP contribution in [0.15, 0.2) is 89.9 Å². The minimum Gasteiger partial charge on any atom is -0.324 e. The van der Waals surface area contributed by atoms with Crippen molar-refractivity contribution in [2.24, 2.45) is 4.99 Å². The molecule has 1 aliphatic rings. The molecule has 4 nitrogen and oxygen atoms in total. The number of nitrogens with one attached hydrogen (secondary N) is 1. The van der Waals surface area contributed by atoms with Crippen LogP contribution in [0, 0.1) is 0 Å². The Hall–Kier alpha value is -3.24. The normalized spacial score (nSPS) is 17.1. The molecule has 0 bridgehead atoms. The van der Waals surface area contributed by atoms with Gasteiger partial charge in [0.05, 0.1) is 17.4 Å². The Kier molecular flexibility index (Phi) is 6.35. The predicted molar refractivity (Wildman–Crippen MR) is 123 cm³/mol. The number of benzene rings is 3. The van der Waals surface area contributed by atoms with Crippen molar-refractivity contribution in [3.8, 4) is 0 Å². The highest BCUT2D eigenvalue weighted by Gasteiger charge is 2.31.